The quantitative estimate of drug-likeness (QED) is 0.789. The van der Waals surface area contributed by atoms with Gasteiger partial charge in [-0.15, -0.1) is 0 Å². The molecule has 1 aliphatic rings. The topological polar surface area (TPSA) is 46.5 Å². The zero-order valence-corrected chi connectivity index (χ0v) is 12.7. The van der Waals surface area contributed by atoms with E-state index in [0.29, 0.717) is 6.61 Å². The Bertz CT molecular complexity index is 341. The summed E-state index contributed by atoms with van der Waals surface area (Å²) in [5, 5.41) is 9.96. The Morgan fingerprint density at radius 2 is 2.00 bits per heavy atom. The first-order chi connectivity index (χ1) is 7.51. The normalized spacial score (nSPS) is 30.1. The zero-order valence-electron chi connectivity index (χ0n) is 11.7. The summed E-state index contributed by atoms with van der Waals surface area (Å²) in [6.45, 7) is 12.8. The Labute approximate surface area is 105 Å². The first-order valence-electron chi connectivity index (χ1n) is 6.05. The molecule has 2 atom stereocenters. The molecule has 0 aromatic rings. The summed E-state index contributed by atoms with van der Waals surface area (Å²) in [5.41, 5.74) is -0.796. The average molecular weight is 256 g/mol. The van der Waals surface area contributed by atoms with Crippen molar-refractivity contribution in [2.24, 2.45) is 5.41 Å². The fraction of sp³-hybridized carbons (Fsp3) is 0.769. The highest BCUT2D eigenvalue weighted by molar-refractivity contribution is 6.74. The molecular weight excluding hydrogens is 232 g/mol. The van der Waals surface area contributed by atoms with Crippen LogP contribution < -0.4 is 0 Å². The number of allylic oxidation sites excluding steroid dienone is 1. The van der Waals surface area contributed by atoms with Crippen LogP contribution in [0.5, 0.6) is 0 Å². The highest BCUT2D eigenvalue weighted by atomic mass is 28.4. The Kier molecular flexibility index (Phi) is 3.73. The summed E-state index contributed by atoms with van der Waals surface area (Å²) in [7, 11) is -1.87. The first kappa shape index (κ1) is 14.6. The van der Waals surface area contributed by atoms with E-state index < -0.39 is 19.8 Å². The lowest BCUT2D eigenvalue weighted by atomic mass is 9.86. The van der Waals surface area contributed by atoms with Gasteiger partial charge in [0.1, 0.15) is 0 Å². The van der Waals surface area contributed by atoms with E-state index in [1.165, 1.54) is 6.08 Å². The van der Waals surface area contributed by atoms with Crippen LogP contribution in [0.15, 0.2) is 12.2 Å². The van der Waals surface area contributed by atoms with E-state index in [1.807, 2.05) is 0 Å². The predicted molar refractivity (Wildman–Crippen MR) is 71.4 cm³/mol. The van der Waals surface area contributed by atoms with Crippen molar-refractivity contribution in [1.29, 1.82) is 0 Å². The summed E-state index contributed by atoms with van der Waals surface area (Å²) in [6, 6.07) is 0. The molecule has 0 bridgehead atoms. The number of carbonyl (C=O) groups is 1. The van der Waals surface area contributed by atoms with Crippen LogP contribution in [0, 0.1) is 5.41 Å². The highest BCUT2D eigenvalue weighted by Gasteiger charge is 2.45. The van der Waals surface area contributed by atoms with Crippen molar-refractivity contribution in [3.05, 3.63) is 12.2 Å². The van der Waals surface area contributed by atoms with Gasteiger partial charge in [0, 0.05) is 6.61 Å². The lowest BCUT2D eigenvalue weighted by Crippen LogP contribution is -2.47. The molecule has 0 spiro atoms. The molecule has 0 heterocycles. The van der Waals surface area contributed by atoms with Crippen molar-refractivity contribution in [2.45, 2.75) is 51.9 Å². The van der Waals surface area contributed by atoms with Gasteiger partial charge in [0.25, 0.3) is 0 Å². The zero-order chi connectivity index (χ0) is 13.5. The third-order valence-electron chi connectivity index (χ3n) is 4.18. The maximum Gasteiger partial charge on any atom is 0.192 e. The largest absolute Gasteiger partial charge is 0.416 e. The molecular formula is C13H24O3Si. The molecule has 17 heavy (non-hydrogen) atoms. The molecule has 3 nitrogen and oxygen atoms in total. The number of aliphatic hydroxyl groups is 1. The molecule has 98 valence electrons. The van der Waals surface area contributed by atoms with Crippen LogP contribution in [0.4, 0.5) is 0 Å². The van der Waals surface area contributed by atoms with Crippen molar-refractivity contribution in [2.75, 3.05) is 6.61 Å². The molecule has 1 rings (SSSR count). The maximum atomic E-state index is 11.8. The van der Waals surface area contributed by atoms with Crippen LogP contribution in [-0.2, 0) is 9.22 Å². The fourth-order valence-electron chi connectivity index (χ4n) is 1.43. The van der Waals surface area contributed by atoms with Gasteiger partial charge in [0.2, 0.25) is 0 Å². The Morgan fingerprint density at radius 3 is 2.35 bits per heavy atom. The lowest BCUT2D eigenvalue weighted by molar-refractivity contribution is -0.127. The van der Waals surface area contributed by atoms with Crippen LogP contribution in [0.3, 0.4) is 0 Å². The van der Waals surface area contributed by atoms with Gasteiger partial charge in [-0.1, -0.05) is 26.8 Å². The van der Waals surface area contributed by atoms with Gasteiger partial charge in [-0.25, -0.2) is 0 Å². The number of aliphatic hydroxyl groups excluding tert-OH is 1. The lowest BCUT2D eigenvalue weighted by Gasteiger charge is -2.39. The van der Waals surface area contributed by atoms with E-state index in [-0.39, 0.29) is 10.8 Å². The van der Waals surface area contributed by atoms with Crippen molar-refractivity contribution >= 4 is 14.1 Å². The van der Waals surface area contributed by atoms with Crippen LogP contribution >= 0.6 is 0 Å². The van der Waals surface area contributed by atoms with Crippen molar-refractivity contribution in [3.63, 3.8) is 0 Å². The van der Waals surface area contributed by atoms with Crippen molar-refractivity contribution in [3.8, 4) is 0 Å². The number of ketones is 1. The third kappa shape index (κ3) is 2.69. The van der Waals surface area contributed by atoms with Gasteiger partial charge in [0.05, 0.1) is 11.5 Å². The van der Waals surface area contributed by atoms with Gasteiger partial charge >= 0.3 is 0 Å². The molecule has 0 fully saturated rings. The molecule has 0 aromatic heterocycles. The molecule has 0 aromatic carbocycles. The Morgan fingerprint density at radius 1 is 1.47 bits per heavy atom. The fourth-order valence-corrected chi connectivity index (χ4v) is 2.52. The van der Waals surface area contributed by atoms with Crippen molar-refractivity contribution in [1.82, 2.24) is 0 Å². The number of rotatable bonds is 3. The van der Waals surface area contributed by atoms with E-state index in [4.69, 9.17) is 4.43 Å². The van der Waals surface area contributed by atoms with E-state index in [1.54, 1.807) is 13.0 Å². The number of hydrogen-bond acceptors (Lipinski definition) is 3. The SMILES string of the molecule is CC1(CO[Si](C)(C)C(C)(C)C)C(=O)C=CC1O. The monoisotopic (exact) mass is 256 g/mol. The van der Waals surface area contributed by atoms with Gasteiger partial charge in [-0.2, -0.15) is 0 Å². The summed E-state index contributed by atoms with van der Waals surface area (Å²) < 4.78 is 6.04. The number of carbonyl (C=O) groups excluding carboxylic acids is 1. The van der Waals surface area contributed by atoms with Gasteiger partial charge in [0.15, 0.2) is 14.1 Å². The number of hydrogen-bond donors (Lipinski definition) is 1. The Balaban J connectivity index is 2.72. The second kappa shape index (κ2) is 4.34. The summed E-state index contributed by atoms with van der Waals surface area (Å²) in [6.07, 6.45) is 2.29. The molecule has 0 amide bonds. The summed E-state index contributed by atoms with van der Waals surface area (Å²) in [4.78, 5) is 11.8. The molecule has 4 heteroatoms. The minimum absolute atomic E-state index is 0.0382. The Hall–Kier alpha value is -0.453. The molecule has 0 saturated carbocycles. The van der Waals surface area contributed by atoms with Gasteiger partial charge < -0.3 is 9.53 Å². The maximum absolute atomic E-state index is 11.8. The molecule has 1 N–H and O–H groups in total. The summed E-state index contributed by atoms with van der Waals surface area (Å²) >= 11 is 0. The van der Waals surface area contributed by atoms with E-state index in [0.717, 1.165) is 0 Å². The van der Waals surface area contributed by atoms with Crippen LogP contribution in [0.25, 0.3) is 0 Å². The predicted octanol–water partition coefficient (Wildman–Crippen LogP) is 2.51. The van der Waals surface area contributed by atoms with E-state index in [9.17, 15) is 9.90 Å². The smallest absolute Gasteiger partial charge is 0.192 e. The van der Waals surface area contributed by atoms with E-state index >= 15 is 0 Å². The molecule has 0 radical (unpaired) electrons. The van der Waals surface area contributed by atoms with Crippen molar-refractivity contribution < 1.29 is 14.3 Å². The van der Waals surface area contributed by atoms with Gasteiger partial charge in [-0.05, 0) is 31.1 Å². The van der Waals surface area contributed by atoms with Gasteiger partial charge in [-0.3, -0.25) is 4.79 Å². The average Bonchev–Trinajstić information content (AvgIpc) is 2.42. The van der Waals surface area contributed by atoms with Crippen LogP contribution in [-0.4, -0.2) is 31.9 Å². The molecule has 0 aliphatic heterocycles. The minimum atomic E-state index is -1.87. The minimum Gasteiger partial charge on any atom is -0.416 e. The molecule has 1 aliphatic carbocycles. The molecule has 0 saturated heterocycles. The van der Waals surface area contributed by atoms with E-state index in [2.05, 4.69) is 33.9 Å². The third-order valence-corrected chi connectivity index (χ3v) is 8.66. The highest BCUT2D eigenvalue weighted by Crippen LogP contribution is 2.39. The summed E-state index contributed by atoms with van der Waals surface area (Å²) in [5.74, 6) is -0.0382. The second-order valence-electron chi connectivity index (χ2n) is 6.63. The first-order valence-corrected chi connectivity index (χ1v) is 8.96. The van der Waals surface area contributed by atoms with Crippen LogP contribution in [0.1, 0.15) is 27.7 Å². The standard InChI is InChI=1S/C13H24O3Si/c1-12(2,3)17(5,6)16-9-13(4)10(14)7-8-11(13)15/h7-8,10,14H,9H2,1-6H3. The molecule has 2 unspecified atom stereocenters. The second-order valence-corrected chi connectivity index (χ2v) is 11.4. The van der Waals surface area contributed by atoms with Crippen LogP contribution in [0.2, 0.25) is 18.1 Å².